The summed E-state index contributed by atoms with van der Waals surface area (Å²) in [6, 6.07) is 8.45. The highest BCUT2D eigenvalue weighted by Crippen LogP contribution is 2.24. The predicted molar refractivity (Wildman–Crippen MR) is 77.9 cm³/mol. The van der Waals surface area contributed by atoms with E-state index in [0.29, 0.717) is 5.52 Å². The molecular formula is C14H18N2O3S. The number of nitrogens with zero attached hydrogens (tertiary/aromatic N) is 2. The van der Waals surface area contributed by atoms with Crippen LogP contribution in [0.3, 0.4) is 0 Å². The van der Waals surface area contributed by atoms with E-state index >= 15 is 0 Å². The summed E-state index contributed by atoms with van der Waals surface area (Å²) in [5, 5.41) is 9.87. The van der Waals surface area contributed by atoms with Crippen LogP contribution in [-0.2, 0) is 10.0 Å². The van der Waals surface area contributed by atoms with Gasteiger partial charge in [-0.05, 0) is 26.0 Å². The fourth-order valence-corrected chi connectivity index (χ4v) is 3.96. The quantitative estimate of drug-likeness (QED) is 0.910. The number of fused-ring (bicyclic) bond motifs is 1. The maximum atomic E-state index is 12.8. The zero-order valence-electron chi connectivity index (χ0n) is 11.5. The van der Waals surface area contributed by atoms with Crippen LogP contribution in [0.15, 0.2) is 41.4 Å². The standard InChI is InChI=1S/C14H18N2O3S/c1-11(2)16(9-10-17)20(18,19)13-7-3-5-12-6-4-8-15-14(12)13/h3-8,11,17H,9-10H2,1-2H3. The Balaban J connectivity index is 2.62. The van der Waals surface area contributed by atoms with Crippen LogP contribution in [0, 0.1) is 0 Å². The highest BCUT2D eigenvalue weighted by molar-refractivity contribution is 7.89. The van der Waals surface area contributed by atoms with Crippen molar-refractivity contribution in [2.45, 2.75) is 24.8 Å². The smallest absolute Gasteiger partial charge is 0.245 e. The predicted octanol–water partition coefficient (Wildman–Crippen LogP) is 1.63. The van der Waals surface area contributed by atoms with Gasteiger partial charge in [0.1, 0.15) is 4.90 Å². The molecule has 0 saturated heterocycles. The Kier molecular flexibility index (Phi) is 4.37. The van der Waals surface area contributed by atoms with Crippen LogP contribution < -0.4 is 0 Å². The third kappa shape index (κ3) is 2.67. The van der Waals surface area contributed by atoms with Crippen LogP contribution in [0.2, 0.25) is 0 Å². The van der Waals surface area contributed by atoms with Crippen molar-refractivity contribution in [3.05, 3.63) is 36.5 Å². The maximum absolute atomic E-state index is 12.8. The molecule has 0 unspecified atom stereocenters. The number of rotatable bonds is 5. The fourth-order valence-electron chi connectivity index (χ4n) is 2.17. The van der Waals surface area contributed by atoms with Gasteiger partial charge in [0.2, 0.25) is 10.0 Å². The van der Waals surface area contributed by atoms with Crippen molar-refractivity contribution in [1.82, 2.24) is 9.29 Å². The molecule has 0 spiro atoms. The van der Waals surface area contributed by atoms with E-state index in [2.05, 4.69) is 4.98 Å². The number of hydrogen-bond acceptors (Lipinski definition) is 4. The summed E-state index contributed by atoms with van der Waals surface area (Å²) in [7, 11) is -3.68. The summed E-state index contributed by atoms with van der Waals surface area (Å²) >= 11 is 0. The Morgan fingerprint density at radius 2 is 1.95 bits per heavy atom. The number of benzene rings is 1. The Labute approximate surface area is 118 Å². The van der Waals surface area contributed by atoms with Crippen molar-refractivity contribution in [2.24, 2.45) is 0 Å². The molecule has 6 heteroatoms. The van der Waals surface area contributed by atoms with Crippen molar-refractivity contribution in [2.75, 3.05) is 13.2 Å². The third-order valence-electron chi connectivity index (χ3n) is 3.08. The van der Waals surface area contributed by atoms with E-state index < -0.39 is 10.0 Å². The lowest BCUT2D eigenvalue weighted by atomic mass is 10.2. The minimum atomic E-state index is -3.68. The van der Waals surface area contributed by atoms with Gasteiger partial charge >= 0.3 is 0 Å². The second kappa shape index (κ2) is 5.87. The monoisotopic (exact) mass is 294 g/mol. The summed E-state index contributed by atoms with van der Waals surface area (Å²) in [6.45, 7) is 3.43. The van der Waals surface area contributed by atoms with E-state index in [1.807, 2.05) is 12.1 Å². The molecule has 0 bridgehead atoms. The molecule has 0 atom stereocenters. The Morgan fingerprint density at radius 1 is 1.25 bits per heavy atom. The summed E-state index contributed by atoms with van der Waals surface area (Å²) < 4.78 is 26.8. The number of aromatic nitrogens is 1. The number of aliphatic hydroxyl groups is 1. The summed E-state index contributed by atoms with van der Waals surface area (Å²) in [4.78, 5) is 4.36. The molecule has 2 aromatic rings. The van der Waals surface area contributed by atoms with Gasteiger partial charge in [-0.25, -0.2) is 8.42 Å². The molecule has 0 radical (unpaired) electrons. The van der Waals surface area contributed by atoms with Gasteiger partial charge in [0, 0.05) is 24.2 Å². The molecule has 1 N–H and O–H groups in total. The number of para-hydroxylation sites is 1. The lowest BCUT2D eigenvalue weighted by molar-refractivity contribution is 0.236. The number of sulfonamides is 1. The summed E-state index contributed by atoms with van der Waals surface area (Å²) in [5.41, 5.74) is 0.457. The van der Waals surface area contributed by atoms with Crippen molar-refractivity contribution >= 4 is 20.9 Å². The zero-order valence-corrected chi connectivity index (χ0v) is 12.3. The number of hydrogen-bond donors (Lipinski definition) is 1. The van der Waals surface area contributed by atoms with Crippen molar-refractivity contribution < 1.29 is 13.5 Å². The van der Waals surface area contributed by atoms with Gasteiger partial charge in [0.05, 0.1) is 12.1 Å². The highest BCUT2D eigenvalue weighted by atomic mass is 32.2. The number of aliphatic hydroxyl groups excluding tert-OH is 1. The van der Waals surface area contributed by atoms with Gasteiger partial charge < -0.3 is 5.11 Å². The van der Waals surface area contributed by atoms with E-state index in [1.54, 1.807) is 38.2 Å². The molecule has 0 amide bonds. The molecule has 2 rings (SSSR count). The average molecular weight is 294 g/mol. The second-order valence-corrected chi connectivity index (χ2v) is 6.62. The first-order chi connectivity index (χ1) is 9.48. The maximum Gasteiger partial charge on any atom is 0.245 e. The molecule has 0 aliphatic rings. The lowest BCUT2D eigenvalue weighted by Gasteiger charge is -2.25. The SMILES string of the molecule is CC(C)N(CCO)S(=O)(=O)c1cccc2cccnc12. The van der Waals surface area contributed by atoms with Crippen LogP contribution in [0.25, 0.3) is 10.9 Å². The summed E-state index contributed by atoms with van der Waals surface area (Å²) in [5.74, 6) is 0. The van der Waals surface area contributed by atoms with Gasteiger partial charge in [-0.3, -0.25) is 4.98 Å². The molecule has 1 aromatic heterocycles. The van der Waals surface area contributed by atoms with Gasteiger partial charge in [0.15, 0.2) is 0 Å². The van der Waals surface area contributed by atoms with Gasteiger partial charge in [0.25, 0.3) is 0 Å². The molecule has 20 heavy (non-hydrogen) atoms. The van der Waals surface area contributed by atoms with E-state index in [9.17, 15) is 8.42 Å². The van der Waals surface area contributed by atoms with Crippen LogP contribution in [-0.4, -0.2) is 42.0 Å². The molecule has 5 nitrogen and oxygen atoms in total. The highest BCUT2D eigenvalue weighted by Gasteiger charge is 2.28. The summed E-state index contributed by atoms with van der Waals surface area (Å²) in [6.07, 6.45) is 1.58. The third-order valence-corrected chi connectivity index (χ3v) is 5.19. The molecule has 1 aromatic carbocycles. The van der Waals surface area contributed by atoms with Crippen LogP contribution in [0.5, 0.6) is 0 Å². The molecule has 0 saturated carbocycles. The lowest BCUT2D eigenvalue weighted by Crippen LogP contribution is -2.39. The van der Waals surface area contributed by atoms with E-state index in [4.69, 9.17) is 5.11 Å². The van der Waals surface area contributed by atoms with E-state index in [0.717, 1.165) is 5.39 Å². The molecular weight excluding hydrogens is 276 g/mol. The molecule has 0 fully saturated rings. The average Bonchev–Trinajstić information content (AvgIpc) is 2.43. The van der Waals surface area contributed by atoms with Crippen LogP contribution in [0.1, 0.15) is 13.8 Å². The Bertz CT molecular complexity index is 693. The van der Waals surface area contributed by atoms with Crippen molar-refractivity contribution in [3.8, 4) is 0 Å². The number of pyridine rings is 1. The fraction of sp³-hybridized carbons (Fsp3) is 0.357. The van der Waals surface area contributed by atoms with Crippen molar-refractivity contribution in [1.29, 1.82) is 0 Å². The second-order valence-electron chi connectivity index (χ2n) is 4.76. The molecule has 0 aliphatic heterocycles. The zero-order chi connectivity index (χ0) is 14.8. The first kappa shape index (κ1) is 14.9. The minimum Gasteiger partial charge on any atom is -0.395 e. The molecule has 108 valence electrons. The Morgan fingerprint density at radius 3 is 2.60 bits per heavy atom. The molecule has 1 heterocycles. The van der Waals surface area contributed by atoms with E-state index in [1.165, 1.54) is 4.31 Å². The normalized spacial score (nSPS) is 12.4. The van der Waals surface area contributed by atoms with Gasteiger partial charge in [-0.15, -0.1) is 0 Å². The topological polar surface area (TPSA) is 70.5 Å². The van der Waals surface area contributed by atoms with Gasteiger partial charge in [-0.1, -0.05) is 18.2 Å². The van der Waals surface area contributed by atoms with Crippen molar-refractivity contribution in [3.63, 3.8) is 0 Å². The molecule has 0 aliphatic carbocycles. The van der Waals surface area contributed by atoms with E-state index in [-0.39, 0.29) is 24.1 Å². The first-order valence-electron chi connectivity index (χ1n) is 6.45. The largest absolute Gasteiger partial charge is 0.395 e. The van der Waals surface area contributed by atoms with Crippen LogP contribution in [0.4, 0.5) is 0 Å². The Hall–Kier alpha value is -1.50. The van der Waals surface area contributed by atoms with Crippen LogP contribution >= 0.6 is 0 Å². The minimum absolute atomic E-state index is 0.0726. The first-order valence-corrected chi connectivity index (χ1v) is 7.89. The van der Waals surface area contributed by atoms with Gasteiger partial charge in [-0.2, -0.15) is 4.31 Å².